The number of hydrogen-bond donors (Lipinski definition) is 1. The van der Waals surface area contributed by atoms with Crippen molar-refractivity contribution >= 4 is 21.4 Å². The Balaban J connectivity index is 1.82. The molecule has 0 spiro atoms. The van der Waals surface area contributed by atoms with Crippen LogP contribution in [0.15, 0.2) is 35.2 Å². The van der Waals surface area contributed by atoms with Gasteiger partial charge in [-0.15, -0.1) is 0 Å². The van der Waals surface area contributed by atoms with Gasteiger partial charge in [-0.2, -0.15) is 4.31 Å². The molecule has 2 aliphatic heterocycles. The number of aliphatic hydroxyl groups excluding tert-OH is 1. The van der Waals surface area contributed by atoms with E-state index in [1.165, 1.54) is 30.7 Å². The molecular formula is C21H25N3O8S. The van der Waals surface area contributed by atoms with Gasteiger partial charge in [0, 0.05) is 49.4 Å². The highest BCUT2D eigenvalue weighted by atomic mass is 32.2. The van der Waals surface area contributed by atoms with Crippen molar-refractivity contribution in [1.29, 1.82) is 0 Å². The van der Waals surface area contributed by atoms with E-state index >= 15 is 0 Å². The first kappa shape index (κ1) is 23.2. The molecule has 0 amide bonds. The second-order valence-corrected chi connectivity index (χ2v) is 9.59. The molecule has 33 heavy (non-hydrogen) atoms. The molecule has 2 aromatic carbocycles. The predicted octanol–water partition coefficient (Wildman–Crippen LogP) is 1.69. The Bertz CT molecular complexity index is 1160. The summed E-state index contributed by atoms with van der Waals surface area (Å²) in [7, 11) is -1.04. The molecule has 0 aliphatic carbocycles. The number of nitro benzene ring substituents is 1. The lowest BCUT2D eigenvalue weighted by Gasteiger charge is -2.36. The summed E-state index contributed by atoms with van der Waals surface area (Å²) in [5, 5.41) is 22.4. The highest BCUT2D eigenvalue weighted by Gasteiger charge is 2.35. The Morgan fingerprint density at radius 3 is 2.42 bits per heavy atom. The van der Waals surface area contributed by atoms with Crippen LogP contribution >= 0.6 is 0 Å². The van der Waals surface area contributed by atoms with Crippen LogP contribution in [-0.4, -0.2) is 69.8 Å². The second kappa shape index (κ2) is 9.14. The van der Waals surface area contributed by atoms with E-state index in [-0.39, 0.29) is 55.7 Å². The van der Waals surface area contributed by atoms with E-state index in [0.29, 0.717) is 22.6 Å². The fourth-order valence-corrected chi connectivity index (χ4v) is 5.91. The van der Waals surface area contributed by atoms with E-state index in [4.69, 9.17) is 14.2 Å². The Kier molecular flexibility index (Phi) is 6.43. The van der Waals surface area contributed by atoms with E-state index in [1.807, 2.05) is 0 Å². The summed E-state index contributed by atoms with van der Waals surface area (Å²) in [6, 6.07) is 7.17. The molecule has 12 heteroatoms. The molecular weight excluding hydrogens is 454 g/mol. The van der Waals surface area contributed by atoms with E-state index in [2.05, 4.69) is 0 Å². The average Bonchev–Trinajstić information content (AvgIpc) is 2.83. The van der Waals surface area contributed by atoms with Gasteiger partial charge in [0.15, 0.2) is 0 Å². The molecule has 0 unspecified atom stereocenters. The molecule has 2 heterocycles. The maximum Gasteiger partial charge on any atom is 0.270 e. The largest absolute Gasteiger partial charge is 0.496 e. The monoisotopic (exact) mass is 479 g/mol. The standard InChI is InChI=1S/C21H25N3O8S/c1-30-18-5-6-19(31-2)21-15(18)12-22(13-17(21)25)16-4-3-14(24(26)27)11-20(16)33(28,29)23-7-9-32-10-8-23/h3-6,11,17,25H,7-10,12-13H2,1-2H3/t17-/m1/s1. The highest BCUT2D eigenvalue weighted by Crippen LogP contribution is 2.42. The topological polar surface area (TPSA) is 132 Å². The summed E-state index contributed by atoms with van der Waals surface area (Å²) in [5.74, 6) is 1.02. The van der Waals surface area contributed by atoms with Crippen molar-refractivity contribution in [2.75, 3.05) is 52.0 Å². The number of hydrogen-bond acceptors (Lipinski definition) is 9. The van der Waals surface area contributed by atoms with Crippen molar-refractivity contribution < 1.29 is 32.7 Å². The Morgan fingerprint density at radius 1 is 1.12 bits per heavy atom. The molecule has 178 valence electrons. The van der Waals surface area contributed by atoms with Crippen molar-refractivity contribution in [2.45, 2.75) is 17.5 Å². The van der Waals surface area contributed by atoms with Gasteiger partial charge >= 0.3 is 0 Å². The number of anilines is 1. The summed E-state index contributed by atoms with van der Waals surface area (Å²) in [6.07, 6.45) is -0.993. The second-order valence-electron chi connectivity index (χ2n) is 7.68. The van der Waals surface area contributed by atoms with Crippen molar-refractivity contribution in [1.82, 2.24) is 4.31 Å². The number of rotatable bonds is 6. The van der Waals surface area contributed by atoms with Crippen molar-refractivity contribution in [2.24, 2.45) is 0 Å². The zero-order valence-corrected chi connectivity index (χ0v) is 19.1. The van der Waals surface area contributed by atoms with Crippen molar-refractivity contribution in [3.8, 4) is 11.5 Å². The summed E-state index contributed by atoms with van der Waals surface area (Å²) < 4.78 is 44.4. The first-order valence-electron chi connectivity index (χ1n) is 10.3. The summed E-state index contributed by atoms with van der Waals surface area (Å²) in [5.41, 5.74) is 1.17. The first-order chi connectivity index (χ1) is 15.8. The molecule has 2 aromatic rings. The molecule has 4 rings (SSSR count). The van der Waals surface area contributed by atoms with Gasteiger partial charge in [0.2, 0.25) is 10.0 Å². The van der Waals surface area contributed by atoms with E-state index < -0.39 is 21.1 Å². The number of morpholine rings is 1. The van der Waals surface area contributed by atoms with Crippen molar-refractivity contribution in [3.05, 3.63) is 51.6 Å². The molecule has 1 atom stereocenters. The molecule has 0 radical (unpaired) electrons. The Morgan fingerprint density at radius 2 is 1.79 bits per heavy atom. The number of methoxy groups -OCH3 is 2. The number of benzene rings is 2. The molecule has 0 saturated carbocycles. The van der Waals surface area contributed by atoms with Crippen LogP contribution in [0.5, 0.6) is 11.5 Å². The number of sulfonamides is 1. The minimum absolute atomic E-state index is 0.0694. The van der Waals surface area contributed by atoms with E-state index in [0.717, 1.165) is 6.07 Å². The first-order valence-corrected chi connectivity index (χ1v) is 11.7. The SMILES string of the molecule is COc1ccc(OC)c2c1CN(c1ccc([N+](=O)[O-])cc1S(=O)(=O)N1CCOCC1)C[C@H]2O. The number of nitrogens with zero attached hydrogens (tertiary/aromatic N) is 3. The normalized spacial score (nSPS) is 19.1. The van der Waals surface area contributed by atoms with Gasteiger partial charge in [-0.1, -0.05) is 0 Å². The number of ether oxygens (including phenoxy) is 3. The molecule has 0 aromatic heterocycles. The van der Waals surface area contributed by atoms with Crippen LogP contribution in [-0.2, 0) is 21.3 Å². The van der Waals surface area contributed by atoms with E-state index in [1.54, 1.807) is 17.0 Å². The lowest BCUT2D eigenvalue weighted by Crippen LogP contribution is -2.42. The van der Waals surface area contributed by atoms with Crippen molar-refractivity contribution in [3.63, 3.8) is 0 Å². The third-order valence-corrected chi connectivity index (χ3v) is 7.80. The zero-order chi connectivity index (χ0) is 23.8. The van der Waals surface area contributed by atoms with Gasteiger partial charge in [-0.05, 0) is 18.2 Å². The molecule has 1 N–H and O–H groups in total. The molecule has 1 saturated heterocycles. The molecule has 1 fully saturated rings. The van der Waals surface area contributed by atoms with Gasteiger partial charge in [0.1, 0.15) is 22.5 Å². The van der Waals surface area contributed by atoms with Crippen LogP contribution in [0.2, 0.25) is 0 Å². The minimum atomic E-state index is -4.05. The van der Waals surface area contributed by atoms with Crippen LogP contribution < -0.4 is 14.4 Å². The summed E-state index contributed by atoms with van der Waals surface area (Å²) in [4.78, 5) is 12.3. The number of aliphatic hydroxyl groups is 1. The fraction of sp³-hybridized carbons (Fsp3) is 0.429. The lowest BCUT2D eigenvalue weighted by molar-refractivity contribution is -0.385. The van der Waals surface area contributed by atoms with E-state index in [9.17, 15) is 23.6 Å². The highest BCUT2D eigenvalue weighted by molar-refractivity contribution is 7.89. The van der Waals surface area contributed by atoms with Crippen LogP contribution in [0.3, 0.4) is 0 Å². The summed E-state index contributed by atoms with van der Waals surface area (Å²) in [6.45, 7) is 1.09. The molecule has 0 bridgehead atoms. The average molecular weight is 480 g/mol. The molecule has 11 nitrogen and oxygen atoms in total. The van der Waals surface area contributed by atoms with Gasteiger partial charge in [0.05, 0.1) is 38.0 Å². The predicted molar refractivity (Wildman–Crippen MR) is 118 cm³/mol. The zero-order valence-electron chi connectivity index (χ0n) is 18.3. The number of fused-ring (bicyclic) bond motifs is 1. The lowest BCUT2D eigenvalue weighted by atomic mass is 9.94. The van der Waals surface area contributed by atoms with Gasteiger partial charge in [-0.3, -0.25) is 10.1 Å². The third kappa shape index (κ3) is 4.22. The van der Waals surface area contributed by atoms with Gasteiger partial charge in [-0.25, -0.2) is 8.42 Å². The fourth-order valence-electron chi connectivity index (χ4n) is 4.27. The maximum atomic E-state index is 13.5. The molecule has 2 aliphatic rings. The summed E-state index contributed by atoms with van der Waals surface area (Å²) >= 11 is 0. The Hall–Kier alpha value is -2.93. The third-order valence-electron chi connectivity index (χ3n) is 5.87. The smallest absolute Gasteiger partial charge is 0.270 e. The van der Waals surface area contributed by atoms with Crippen LogP contribution in [0, 0.1) is 10.1 Å². The Labute approximate surface area is 191 Å². The quantitative estimate of drug-likeness (QED) is 0.485. The van der Waals surface area contributed by atoms with Crippen LogP contribution in [0.1, 0.15) is 17.2 Å². The number of non-ortho nitro benzene ring substituents is 1. The number of nitro groups is 1. The van der Waals surface area contributed by atoms with Crippen LogP contribution in [0.25, 0.3) is 0 Å². The van der Waals surface area contributed by atoms with Gasteiger partial charge in [0.25, 0.3) is 5.69 Å². The van der Waals surface area contributed by atoms with Gasteiger partial charge < -0.3 is 24.2 Å². The minimum Gasteiger partial charge on any atom is -0.496 e. The number of β-amino-alcohol motifs (C(OH)–C–C–N with tert-alkyl or cyclic N) is 1. The van der Waals surface area contributed by atoms with Crippen LogP contribution in [0.4, 0.5) is 11.4 Å². The maximum absolute atomic E-state index is 13.5.